The van der Waals surface area contributed by atoms with E-state index in [9.17, 15) is 18.0 Å². The van der Waals surface area contributed by atoms with Crippen molar-refractivity contribution in [2.75, 3.05) is 0 Å². The van der Waals surface area contributed by atoms with Gasteiger partial charge < -0.3 is 4.57 Å². The van der Waals surface area contributed by atoms with Crippen LogP contribution in [0.5, 0.6) is 0 Å². The smallest absolute Gasteiger partial charge is 0.302 e. The van der Waals surface area contributed by atoms with Crippen molar-refractivity contribution in [3.63, 3.8) is 0 Å². The Balaban J connectivity index is 2.63. The highest BCUT2D eigenvalue weighted by Crippen LogP contribution is 2.18. The molecule has 0 atom stereocenters. The highest BCUT2D eigenvalue weighted by Gasteiger charge is 2.29. The van der Waals surface area contributed by atoms with Crippen LogP contribution in [0.1, 0.15) is 0 Å². The lowest BCUT2D eigenvalue weighted by Gasteiger charge is -2.10. The molecule has 0 aromatic carbocycles. The van der Waals surface area contributed by atoms with Gasteiger partial charge in [0.1, 0.15) is 16.7 Å². The second kappa shape index (κ2) is 3.62. The van der Waals surface area contributed by atoms with Crippen LogP contribution in [-0.2, 0) is 6.54 Å². The van der Waals surface area contributed by atoms with E-state index in [0.29, 0.717) is 4.57 Å². The number of hydrogen-bond donors (Lipinski definition) is 0. The molecule has 2 aromatic heterocycles. The van der Waals surface area contributed by atoms with Crippen molar-refractivity contribution in [2.45, 2.75) is 12.7 Å². The second-order valence-corrected chi connectivity index (χ2v) is 3.94. The molecule has 0 unspecified atom stereocenters. The molecule has 0 saturated heterocycles. The quantitative estimate of drug-likeness (QED) is 0.805. The van der Waals surface area contributed by atoms with E-state index in [2.05, 4.69) is 21.0 Å². The number of aromatic nitrogens is 3. The van der Waals surface area contributed by atoms with E-state index in [1.165, 1.54) is 16.8 Å². The van der Waals surface area contributed by atoms with Gasteiger partial charge in [0.15, 0.2) is 0 Å². The van der Waals surface area contributed by atoms with Crippen LogP contribution in [0.3, 0.4) is 0 Å². The maximum Gasteiger partial charge on any atom is 0.406 e. The Bertz CT molecular complexity index is 586. The summed E-state index contributed by atoms with van der Waals surface area (Å²) in [6.45, 7) is -1.31. The third-order valence-electron chi connectivity index (χ3n) is 1.94. The molecule has 2 heterocycles. The van der Waals surface area contributed by atoms with Gasteiger partial charge in [-0.25, -0.2) is 4.52 Å². The molecule has 8 heteroatoms. The molecule has 0 amide bonds. The Labute approximate surface area is 95.4 Å². The lowest BCUT2D eigenvalue weighted by Crippen LogP contribution is -2.29. The van der Waals surface area contributed by atoms with Crippen LogP contribution in [-0.4, -0.2) is 20.4 Å². The first-order valence-electron chi connectivity index (χ1n) is 4.18. The molecule has 0 spiro atoms. The van der Waals surface area contributed by atoms with Crippen LogP contribution >= 0.6 is 15.9 Å². The van der Waals surface area contributed by atoms with Crippen LogP contribution in [0, 0.1) is 0 Å². The zero-order chi connectivity index (χ0) is 11.9. The second-order valence-electron chi connectivity index (χ2n) is 3.13. The van der Waals surface area contributed by atoms with Crippen molar-refractivity contribution in [3.05, 3.63) is 33.4 Å². The zero-order valence-corrected chi connectivity index (χ0v) is 9.29. The summed E-state index contributed by atoms with van der Waals surface area (Å²) < 4.78 is 38.7. The van der Waals surface area contributed by atoms with Gasteiger partial charge in [0, 0.05) is 6.20 Å². The van der Waals surface area contributed by atoms with Crippen molar-refractivity contribution >= 4 is 21.4 Å². The van der Waals surface area contributed by atoms with E-state index in [4.69, 9.17) is 0 Å². The fourth-order valence-corrected chi connectivity index (χ4v) is 1.86. The summed E-state index contributed by atoms with van der Waals surface area (Å²) in [4.78, 5) is 11.6. The Morgan fingerprint density at radius 1 is 1.44 bits per heavy atom. The van der Waals surface area contributed by atoms with E-state index in [-0.39, 0.29) is 10.1 Å². The molecular formula is C8H5BrF3N3O. The van der Waals surface area contributed by atoms with Crippen molar-refractivity contribution < 1.29 is 13.2 Å². The molecule has 2 rings (SSSR count). The van der Waals surface area contributed by atoms with Crippen LogP contribution in [0.25, 0.3) is 5.52 Å². The minimum Gasteiger partial charge on any atom is -0.302 e. The minimum atomic E-state index is -4.43. The van der Waals surface area contributed by atoms with Crippen LogP contribution in [0.15, 0.2) is 27.9 Å². The highest BCUT2D eigenvalue weighted by molar-refractivity contribution is 9.10. The van der Waals surface area contributed by atoms with Gasteiger partial charge >= 0.3 is 6.18 Å². The van der Waals surface area contributed by atoms with Crippen molar-refractivity contribution in [2.24, 2.45) is 0 Å². The van der Waals surface area contributed by atoms with E-state index >= 15 is 0 Å². The van der Waals surface area contributed by atoms with E-state index < -0.39 is 18.3 Å². The summed E-state index contributed by atoms with van der Waals surface area (Å²) in [7, 11) is 0. The van der Waals surface area contributed by atoms with Gasteiger partial charge in [0.25, 0.3) is 5.56 Å². The van der Waals surface area contributed by atoms with Crippen LogP contribution in [0.2, 0.25) is 0 Å². The summed E-state index contributed by atoms with van der Waals surface area (Å²) in [5.41, 5.74) is -0.628. The molecule has 0 aliphatic heterocycles. The van der Waals surface area contributed by atoms with Crippen LogP contribution in [0.4, 0.5) is 13.2 Å². The average molecular weight is 296 g/mol. The van der Waals surface area contributed by atoms with Gasteiger partial charge in [0.05, 0.1) is 6.20 Å². The first kappa shape index (κ1) is 11.2. The number of fused-ring (bicyclic) bond motifs is 1. The predicted octanol–water partition coefficient (Wildman–Crippen LogP) is 1.82. The average Bonchev–Trinajstić information content (AvgIpc) is 2.60. The lowest BCUT2D eigenvalue weighted by molar-refractivity contribution is -0.141. The normalized spacial score (nSPS) is 12.2. The molecule has 2 aromatic rings. The van der Waals surface area contributed by atoms with Crippen molar-refractivity contribution in [1.82, 2.24) is 14.2 Å². The van der Waals surface area contributed by atoms with Gasteiger partial charge in [-0.3, -0.25) is 4.79 Å². The van der Waals surface area contributed by atoms with Gasteiger partial charge in [0.2, 0.25) is 0 Å². The lowest BCUT2D eigenvalue weighted by atomic mass is 10.5. The zero-order valence-electron chi connectivity index (χ0n) is 7.70. The number of alkyl halides is 3. The van der Waals surface area contributed by atoms with E-state index in [1.807, 2.05) is 0 Å². The highest BCUT2D eigenvalue weighted by atomic mass is 79.9. The van der Waals surface area contributed by atoms with Crippen molar-refractivity contribution in [3.8, 4) is 0 Å². The number of hydrogen-bond acceptors (Lipinski definition) is 2. The topological polar surface area (TPSA) is 39.3 Å². The Morgan fingerprint density at radius 2 is 2.12 bits per heavy atom. The summed E-state index contributed by atoms with van der Waals surface area (Å²) in [5, 5.41) is 3.79. The van der Waals surface area contributed by atoms with Gasteiger partial charge in [-0.05, 0) is 22.0 Å². The molecular weight excluding hydrogens is 291 g/mol. The van der Waals surface area contributed by atoms with Crippen molar-refractivity contribution in [1.29, 1.82) is 0 Å². The Hall–Kier alpha value is -1.31. The molecule has 0 saturated carbocycles. The fourth-order valence-electron chi connectivity index (χ4n) is 1.34. The molecule has 0 aliphatic rings. The number of rotatable bonds is 1. The van der Waals surface area contributed by atoms with Gasteiger partial charge in [-0.1, -0.05) is 0 Å². The maximum atomic E-state index is 12.2. The minimum absolute atomic E-state index is 0.0959. The molecule has 0 N–H and O–H groups in total. The first-order valence-corrected chi connectivity index (χ1v) is 4.97. The SMILES string of the molecule is O=c1c2ccnn2c(Br)cn1CC(F)(F)F. The number of halogens is 4. The maximum absolute atomic E-state index is 12.2. The Kier molecular flexibility index (Phi) is 2.53. The van der Waals surface area contributed by atoms with E-state index in [0.717, 1.165) is 6.20 Å². The summed E-state index contributed by atoms with van der Waals surface area (Å²) in [6, 6.07) is 1.36. The third-order valence-corrected chi connectivity index (χ3v) is 2.48. The molecule has 16 heavy (non-hydrogen) atoms. The largest absolute Gasteiger partial charge is 0.406 e. The number of nitrogens with zero attached hydrogens (tertiary/aromatic N) is 3. The Morgan fingerprint density at radius 3 is 2.75 bits per heavy atom. The monoisotopic (exact) mass is 295 g/mol. The van der Waals surface area contributed by atoms with E-state index in [1.54, 1.807) is 0 Å². The molecule has 0 bridgehead atoms. The molecule has 0 aliphatic carbocycles. The standard InChI is InChI=1S/C8H5BrF3N3O/c9-6-3-14(4-8(10,11)12)7(16)5-1-2-13-15(5)6/h1-3H,4H2. The molecule has 4 nitrogen and oxygen atoms in total. The van der Waals surface area contributed by atoms with Crippen LogP contribution < -0.4 is 5.56 Å². The first-order chi connectivity index (χ1) is 7.38. The fraction of sp³-hybridized carbons (Fsp3) is 0.250. The molecule has 0 radical (unpaired) electrons. The predicted molar refractivity (Wildman–Crippen MR) is 53.2 cm³/mol. The summed E-state index contributed by atoms with van der Waals surface area (Å²) in [5.74, 6) is 0. The summed E-state index contributed by atoms with van der Waals surface area (Å²) >= 11 is 3.04. The summed E-state index contributed by atoms with van der Waals surface area (Å²) in [6.07, 6.45) is -2.02. The van der Waals surface area contributed by atoms with Gasteiger partial charge in [-0.2, -0.15) is 18.3 Å². The molecule has 86 valence electrons. The molecule has 0 fully saturated rings. The third kappa shape index (κ3) is 1.97. The van der Waals surface area contributed by atoms with Gasteiger partial charge in [-0.15, -0.1) is 0 Å².